The van der Waals surface area contributed by atoms with Gasteiger partial charge in [-0.2, -0.15) is 0 Å². The first-order valence-electron chi connectivity index (χ1n) is 35.7. The second-order valence-electron chi connectivity index (χ2n) is 26.0. The van der Waals surface area contributed by atoms with Gasteiger partial charge in [-0.05, 0) is 213 Å². The van der Waals surface area contributed by atoms with Crippen molar-refractivity contribution in [1.82, 2.24) is 0 Å². The Kier molecular flexibility index (Phi) is 45.9. The van der Waals surface area contributed by atoms with Gasteiger partial charge >= 0.3 is 59.7 Å². The van der Waals surface area contributed by atoms with Crippen LogP contribution < -0.4 is 0 Å². The lowest BCUT2D eigenvalue weighted by molar-refractivity contribution is -0.147. The average Bonchev–Trinajstić information content (AvgIpc) is 1.64. The molecule has 99 heavy (non-hydrogen) atoms. The maximum absolute atomic E-state index is 11.3. The van der Waals surface area contributed by atoms with E-state index in [0.29, 0.717) is 100 Å². The highest BCUT2D eigenvalue weighted by atomic mass is 16.6. The van der Waals surface area contributed by atoms with Crippen LogP contribution in [0.1, 0.15) is 174 Å². The van der Waals surface area contributed by atoms with Gasteiger partial charge in [-0.3, -0.25) is 0 Å². The van der Waals surface area contributed by atoms with E-state index in [-0.39, 0.29) is 71.9 Å². The van der Waals surface area contributed by atoms with Crippen molar-refractivity contribution >= 4 is 59.7 Å². The molecule has 8 rings (SSSR count). The summed E-state index contributed by atoms with van der Waals surface area (Å²) in [5.41, 5.74) is 0. The molecule has 0 spiro atoms. The van der Waals surface area contributed by atoms with Crippen LogP contribution in [0.4, 0.5) is 0 Å². The molecule has 0 N–H and O–H groups in total. The normalized spacial score (nSPS) is 25.7. The molecule has 8 fully saturated rings. The predicted molar refractivity (Wildman–Crippen MR) is 378 cm³/mol. The molecule has 8 saturated carbocycles. The van der Waals surface area contributed by atoms with E-state index in [0.717, 1.165) is 134 Å². The molecule has 0 amide bonds. The quantitative estimate of drug-likeness (QED) is 0.0367. The molecule has 8 aliphatic rings. The second-order valence-corrected chi connectivity index (χ2v) is 26.0. The van der Waals surface area contributed by atoms with E-state index < -0.39 is 0 Å². The number of hydrogen-bond acceptors (Lipinski definition) is 20. The fraction of sp³-hybridized carbons (Fsp3) is 0.620. The number of fused-ring (bicyclic) bond motifs is 7. The average molecular weight is 1390 g/mol. The standard InChI is InChI=1S/C16H24O4.C15H20O4.2C14H20O4.C10H16.2C5H8O2/c1-3-15(17)19-11-9-13-5-7-14(8-6-13)10-12-20-16(18)4-2;1-3-14(16)18-6-5-11-7-10-8-12(11)13(9-10)19-15(17)4-2;1-3-13(15)17-9-11-5-7-12(8-6-11)10-18-14(16)4-2;1-3-13(15)17-10-9-11-5-7-12(8-6-11)18-14(16)4-2;1-2-9-7-4-5-8(6-7)10(9)3-1;2*1-3-5(6)7-4-2/h3-4,13-14H,1-2,5-12H2;3-4,10-13H,1-2,5-9H2;2*3-4,11-12H,1-2,5-10H2;7-10H,1-6H2;2*3H,1,4H2,2H3. The van der Waals surface area contributed by atoms with Gasteiger partial charge in [0, 0.05) is 60.8 Å². The van der Waals surface area contributed by atoms with E-state index in [2.05, 4.69) is 75.3 Å². The van der Waals surface area contributed by atoms with Crippen molar-refractivity contribution < 1.29 is 95.3 Å². The van der Waals surface area contributed by atoms with Crippen LogP contribution in [0, 0.1) is 71.0 Å². The van der Waals surface area contributed by atoms with Gasteiger partial charge in [0.05, 0.1) is 52.9 Å². The van der Waals surface area contributed by atoms with Gasteiger partial charge in [-0.25, -0.2) is 47.9 Å². The largest absolute Gasteiger partial charge is 0.463 e. The summed E-state index contributed by atoms with van der Waals surface area (Å²) >= 11 is 0. The summed E-state index contributed by atoms with van der Waals surface area (Å²) in [6.07, 6.45) is 40.5. The van der Waals surface area contributed by atoms with Gasteiger partial charge in [0.25, 0.3) is 0 Å². The third-order valence-electron chi connectivity index (χ3n) is 19.7. The Morgan fingerprint density at radius 3 is 0.949 bits per heavy atom. The molecule has 552 valence electrons. The van der Waals surface area contributed by atoms with Gasteiger partial charge in [-0.1, -0.05) is 97.9 Å². The van der Waals surface area contributed by atoms with Crippen molar-refractivity contribution in [3.05, 3.63) is 127 Å². The number of carbonyl (C=O) groups excluding carboxylic acids is 10. The zero-order valence-corrected chi connectivity index (χ0v) is 59.4. The maximum atomic E-state index is 11.3. The Morgan fingerprint density at radius 1 is 0.303 bits per heavy atom. The minimum atomic E-state index is -0.377. The number of hydrogen-bond donors (Lipinski definition) is 0. The van der Waals surface area contributed by atoms with Crippen LogP contribution in [0.25, 0.3) is 0 Å². The fourth-order valence-corrected chi connectivity index (χ4v) is 14.7. The summed E-state index contributed by atoms with van der Waals surface area (Å²) in [6, 6.07) is 0. The zero-order valence-electron chi connectivity index (χ0n) is 59.4. The van der Waals surface area contributed by atoms with Crippen LogP contribution in [-0.4, -0.2) is 125 Å². The predicted octanol–water partition coefficient (Wildman–Crippen LogP) is 14.2. The fourth-order valence-electron chi connectivity index (χ4n) is 14.7. The Hall–Kier alpha value is -7.90. The highest BCUT2D eigenvalue weighted by Gasteiger charge is 2.49. The molecule has 20 heteroatoms. The van der Waals surface area contributed by atoms with E-state index in [1.165, 1.54) is 72.3 Å². The topological polar surface area (TPSA) is 263 Å². The first kappa shape index (κ1) is 87.2. The van der Waals surface area contributed by atoms with Gasteiger partial charge in [-0.15, -0.1) is 0 Å². The van der Waals surface area contributed by atoms with Crippen molar-refractivity contribution in [2.75, 3.05) is 52.9 Å². The highest BCUT2D eigenvalue weighted by Crippen LogP contribution is 2.58. The third kappa shape index (κ3) is 37.2. The Labute approximate surface area is 589 Å². The van der Waals surface area contributed by atoms with E-state index >= 15 is 0 Å². The molecular weight excluding hydrogens is 1270 g/mol. The van der Waals surface area contributed by atoms with Crippen LogP contribution in [0.2, 0.25) is 0 Å². The van der Waals surface area contributed by atoms with Crippen molar-refractivity contribution in [3.63, 3.8) is 0 Å². The molecule has 0 aromatic carbocycles. The molecule has 0 radical (unpaired) electrons. The first-order valence-corrected chi connectivity index (χ1v) is 35.7. The molecule has 8 unspecified atom stereocenters. The van der Waals surface area contributed by atoms with Crippen LogP contribution in [0.3, 0.4) is 0 Å². The van der Waals surface area contributed by atoms with Gasteiger partial charge in [0.2, 0.25) is 0 Å². The Bertz CT molecular complexity index is 2490. The molecule has 0 aliphatic heterocycles. The van der Waals surface area contributed by atoms with E-state index in [9.17, 15) is 47.9 Å². The van der Waals surface area contributed by atoms with Crippen LogP contribution in [0.15, 0.2) is 127 Å². The van der Waals surface area contributed by atoms with Crippen molar-refractivity contribution in [3.8, 4) is 0 Å². The monoisotopic (exact) mass is 1380 g/mol. The molecular formula is C79H116O20. The summed E-state index contributed by atoms with van der Waals surface area (Å²) in [4.78, 5) is 108. The summed E-state index contributed by atoms with van der Waals surface area (Å²) in [5, 5.41) is 0. The SMILES string of the molecule is C1CC2C3CCC(C3)C2C1.C=CC(=O)OCC.C=CC(=O)OCC.C=CC(=O)OCC1CCC(COC(=O)C=C)CC1.C=CC(=O)OCCC1CC2CC(OC(=O)C=C)C1C2.C=CC(=O)OCCC1CCC(CCOC(=O)C=C)CC1.C=CC(=O)OCCC1CCC(OC(=O)C=C)CC1. The minimum absolute atomic E-state index is 0.0162. The van der Waals surface area contributed by atoms with Crippen LogP contribution >= 0.6 is 0 Å². The smallest absolute Gasteiger partial charge is 0.330 e. The molecule has 20 nitrogen and oxygen atoms in total. The lowest BCUT2D eigenvalue weighted by Crippen LogP contribution is -2.29. The molecule has 4 bridgehead atoms. The molecule has 0 saturated heterocycles. The van der Waals surface area contributed by atoms with Crippen molar-refractivity contribution in [2.24, 2.45) is 71.0 Å². The maximum Gasteiger partial charge on any atom is 0.330 e. The van der Waals surface area contributed by atoms with Gasteiger partial charge < -0.3 is 47.4 Å². The molecule has 0 heterocycles. The minimum Gasteiger partial charge on any atom is -0.463 e. The number of carbonyl (C=O) groups is 10. The van der Waals surface area contributed by atoms with Crippen molar-refractivity contribution in [1.29, 1.82) is 0 Å². The molecule has 8 aliphatic carbocycles. The number of ether oxygens (including phenoxy) is 10. The van der Waals surface area contributed by atoms with Crippen molar-refractivity contribution in [2.45, 2.75) is 187 Å². The molecule has 8 atom stereocenters. The van der Waals surface area contributed by atoms with E-state index in [4.69, 9.17) is 37.9 Å². The Morgan fingerprint density at radius 2 is 0.616 bits per heavy atom. The summed E-state index contributed by atoms with van der Waals surface area (Å²) in [7, 11) is 0. The summed E-state index contributed by atoms with van der Waals surface area (Å²) in [6.45, 7) is 40.4. The zero-order chi connectivity index (χ0) is 73.3. The lowest BCUT2D eigenvalue weighted by Gasteiger charge is -2.28. The summed E-state index contributed by atoms with van der Waals surface area (Å²) < 4.78 is 49.5. The van der Waals surface area contributed by atoms with E-state index in [1.807, 2.05) is 0 Å². The second kappa shape index (κ2) is 52.2. The highest BCUT2D eigenvalue weighted by molar-refractivity contribution is 5.84. The number of esters is 10. The number of rotatable bonds is 30. The van der Waals surface area contributed by atoms with Crippen LogP contribution in [0.5, 0.6) is 0 Å². The van der Waals surface area contributed by atoms with Crippen LogP contribution in [-0.2, 0) is 95.3 Å². The Balaban J connectivity index is 0.000000404. The first-order chi connectivity index (χ1) is 47.7. The summed E-state index contributed by atoms with van der Waals surface area (Å²) in [5.74, 6) is 5.43. The van der Waals surface area contributed by atoms with Gasteiger partial charge in [0.1, 0.15) is 12.2 Å². The molecule has 0 aromatic rings. The van der Waals surface area contributed by atoms with Gasteiger partial charge in [0.15, 0.2) is 0 Å². The third-order valence-corrected chi connectivity index (χ3v) is 19.7. The lowest BCUT2D eigenvalue weighted by atomic mass is 9.79. The van der Waals surface area contributed by atoms with E-state index in [1.54, 1.807) is 52.4 Å². The molecule has 0 aromatic heterocycles.